The lowest BCUT2D eigenvalue weighted by atomic mass is 9.85. The number of amides is 3. The topological polar surface area (TPSA) is 132 Å². The van der Waals surface area contributed by atoms with E-state index in [9.17, 15) is 24.3 Å². The van der Waals surface area contributed by atoms with Gasteiger partial charge in [-0.1, -0.05) is 45.0 Å². The van der Waals surface area contributed by atoms with Crippen molar-refractivity contribution in [1.82, 2.24) is 25.4 Å². The normalized spacial score (nSPS) is 21.5. The van der Waals surface area contributed by atoms with Crippen molar-refractivity contribution in [2.24, 2.45) is 11.3 Å². The molecule has 10 nitrogen and oxygen atoms in total. The molecule has 2 saturated heterocycles. The quantitative estimate of drug-likeness (QED) is 0.379. The number of carbonyl (C=O) groups excluding carboxylic acids is 4. The Kier molecular flexibility index (Phi) is 10.2. The van der Waals surface area contributed by atoms with Crippen LogP contribution in [0.4, 0.5) is 0 Å². The number of aldehydes is 1. The number of β-amino-alcohol motifs (C(OH)–C–C–N with tert-alkyl or cyclic N) is 1. The molecule has 11 heteroatoms. The molecular weight excluding hydrogens is 554 g/mol. The lowest BCUT2D eigenvalue weighted by Gasteiger charge is -2.36. The van der Waals surface area contributed by atoms with Crippen molar-refractivity contribution in [1.29, 1.82) is 0 Å². The Balaban J connectivity index is 1.40. The molecular formula is C31H43N5O5S. The Morgan fingerprint density at radius 3 is 2.38 bits per heavy atom. The number of aromatic nitrogens is 1. The Morgan fingerprint density at radius 2 is 1.81 bits per heavy atom. The maximum Gasteiger partial charge on any atom is 0.246 e. The predicted molar refractivity (Wildman–Crippen MR) is 162 cm³/mol. The summed E-state index contributed by atoms with van der Waals surface area (Å²) in [7, 11) is 0. The minimum Gasteiger partial charge on any atom is -0.391 e. The van der Waals surface area contributed by atoms with Crippen molar-refractivity contribution < 1.29 is 24.3 Å². The number of nitrogens with one attached hydrogen (secondary N) is 2. The van der Waals surface area contributed by atoms with Gasteiger partial charge in [-0.3, -0.25) is 19.3 Å². The molecule has 0 saturated carbocycles. The molecule has 0 bridgehead atoms. The number of benzene rings is 1. The van der Waals surface area contributed by atoms with Crippen LogP contribution >= 0.6 is 11.3 Å². The van der Waals surface area contributed by atoms with Crippen LogP contribution in [0.5, 0.6) is 0 Å². The average Bonchev–Trinajstić information content (AvgIpc) is 3.56. The highest BCUT2D eigenvalue weighted by Gasteiger charge is 2.44. The van der Waals surface area contributed by atoms with Crippen LogP contribution in [0.1, 0.15) is 64.3 Å². The fraction of sp³-hybridized carbons (Fsp3) is 0.581. The Hall–Kier alpha value is -3.15. The number of aliphatic hydroxyl groups is 1. The van der Waals surface area contributed by atoms with Crippen LogP contribution in [-0.4, -0.2) is 88.3 Å². The van der Waals surface area contributed by atoms with E-state index in [0.717, 1.165) is 40.8 Å². The van der Waals surface area contributed by atoms with Gasteiger partial charge >= 0.3 is 0 Å². The molecule has 4 rings (SSSR count). The summed E-state index contributed by atoms with van der Waals surface area (Å²) in [6.07, 6.45) is 1.70. The third-order valence-corrected chi connectivity index (χ3v) is 9.23. The predicted octanol–water partition coefficient (Wildman–Crippen LogP) is 2.70. The summed E-state index contributed by atoms with van der Waals surface area (Å²) < 4.78 is 0. The van der Waals surface area contributed by atoms with E-state index < -0.39 is 23.6 Å². The van der Waals surface area contributed by atoms with Gasteiger partial charge in [0.2, 0.25) is 17.7 Å². The first-order valence-corrected chi connectivity index (χ1v) is 15.5. The second kappa shape index (κ2) is 13.4. The van der Waals surface area contributed by atoms with Crippen LogP contribution in [0.15, 0.2) is 29.8 Å². The van der Waals surface area contributed by atoms with E-state index >= 15 is 0 Å². The van der Waals surface area contributed by atoms with E-state index in [2.05, 4.69) is 15.6 Å². The zero-order chi connectivity index (χ0) is 30.6. The van der Waals surface area contributed by atoms with E-state index in [0.29, 0.717) is 13.1 Å². The van der Waals surface area contributed by atoms with Gasteiger partial charge in [0.05, 0.1) is 34.8 Å². The summed E-state index contributed by atoms with van der Waals surface area (Å²) in [4.78, 5) is 60.2. The van der Waals surface area contributed by atoms with Crippen LogP contribution in [0, 0.1) is 18.3 Å². The lowest BCUT2D eigenvalue weighted by Crippen LogP contribution is -2.59. The highest BCUT2D eigenvalue weighted by molar-refractivity contribution is 7.13. The largest absolute Gasteiger partial charge is 0.391 e. The number of piperidine rings is 1. The van der Waals surface area contributed by atoms with E-state index in [-0.39, 0.29) is 49.2 Å². The molecule has 42 heavy (non-hydrogen) atoms. The zero-order valence-electron chi connectivity index (χ0n) is 25.1. The van der Waals surface area contributed by atoms with Crippen molar-refractivity contribution in [3.05, 3.63) is 41.0 Å². The van der Waals surface area contributed by atoms with Crippen LogP contribution < -0.4 is 10.6 Å². The molecule has 228 valence electrons. The van der Waals surface area contributed by atoms with Crippen LogP contribution in [0.3, 0.4) is 0 Å². The van der Waals surface area contributed by atoms with Crippen LogP contribution in [-0.2, 0) is 19.2 Å². The fourth-order valence-corrected chi connectivity index (χ4v) is 6.48. The maximum absolute atomic E-state index is 13.9. The molecule has 2 aliphatic heterocycles. The zero-order valence-corrected chi connectivity index (χ0v) is 25.9. The second-order valence-corrected chi connectivity index (χ2v) is 13.5. The molecule has 3 N–H and O–H groups in total. The molecule has 3 amide bonds. The summed E-state index contributed by atoms with van der Waals surface area (Å²) >= 11 is 1.58. The summed E-state index contributed by atoms with van der Waals surface area (Å²) in [5.41, 5.74) is 4.15. The summed E-state index contributed by atoms with van der Waals surface area (Å²) in [6.45, 7) is 10.9. The molecule has 1 aromatic carbocycles. The van der Waals surface area contributed by atoms with E-state index in [1.807, 2.05) is 69.3 Å². The number of likely N-dealkylation sites (tertiary alicyclic amines) is 2. The van der Waals surface area contributed by atoms with Gasteiger partial charge in [-0.15, -0.1) is 11.3 Å². The van der Waals surface area contributed by atoms with Crippen LogP contribution in [0.2, 0.25) is 0 Å². The molecule has 4 atom stereocenters. The molecule has 3 heterocycles. The second-order valence-electron chi connectivity index (χ2n) is 12.6. The van der Waals surface area contributed by atoms with Gasteiger partial charge in [0.1, 0.15) is 18.4 Å². The van der Waals surface area contributed by atoms with Gasteiger partial charge in [0, 0.05) is 18.9 Å². The number of rotatable bonds is 9. The standard InChI is InChI=1S/C31H43N5O5S/c1-19(22-6-8-23(9-7-22)27-20(2)32-18-42-27)33-29(40)25-14-24(38)15-36(25)30(41)28(31(3,4)5)34-26(39)16-35-12-10-21(17-37)11-13-35/h6-9,17-19,21,24-25,28,38H,10-16H2,1-5H3,(H,33,40)(H,34,39)/t19?,24-,25+,28?/m1/s1. The van der Waals surface area contributed by atoms with E-state index in [4.69, 9.17) is 0 Å². The molecule has 2 aliphatic rings. The van der Waals surface area contributed by atoms with Crippen LogP contribution in [0.25, 0.3) is 10.4 Å². The van der Waals surface area contributed by atoms with Gasteiger partial charge < -0.3 is 25.4 Å². The number of hydrogen-bond donors (Lipinski definition) is 3. The van der Waals surface area contributed by atoms with Crippen molar-refractivity contribution in [3.8, 4) is 10.4 Å². The SMILES string of the molecule is Cc1ncsc1-c1ccc(C(C)NC(=O)[C@@H]2C[C@@H](O)CN2C(=O)C(NC(=O)CN2CCC(C=O)CC2)C(C)(C)C)cc1. The fourth-order valence-electron chi connectivity index (χ4n) is 5.67. The van der Waals surface area contributed by atoms with E-state index in [1.165, 1.54) is 4.90 Å². The number of nitrogens with zero attached hydrogens (tertiary/aromatic N) is 3. The molecule has 2 aromatic rings. The average molecular weight is 598 g/mol. The minimum atomic E-state index is -0.877. The summed E-state index contributed by atoms with van der Waals surface area (Å²) in [5, 5.41) is 16.4. The molecule has 0 spiro atoms. The number of aryl methyl sites for hydroxylation is 1. The molecule has 0 radical (unpaired) electrons. The third kappa shape index (κ3) is 7.62. The van der Waals surface area contributed by atoms with Gasteiger partial charge in [-0.25, -0.2) is 4.98 Å². The van der Waals surface area contributed by atoms with Gasteiger partial charge in [0.15, 0.2) is 0 Å². The summed E-state index contributed by atoms with van der Waals surface area (Å²) in [5.74, 6) is -0.969. The minimum absolute atomic E-state index is 0.0237. The smallest absolute Gasteiger partial charge is 0.246 e. The lowest BCUT2D eigenvalue weighted by molar-refractivity contribution is -0.144. The number of carbonyl (C=O) groups is 4. The first-order chi connectivity index (χ1) is 19.9. The van der Waals surface area contributed by atoms with Gasteiger partial charge in [-0.05, 0) is 56.3 Å². The Labute approximate surface area is 251 Å². The molecule has 2 unspecified atom stereocenters. The molecule has 1 aromatic heterocycles. The number of aliphatic hydroxyl groups excluding tert-OH is 1. The van der Waals surface area contributed by atoms with Gasteiger partial charge in [-0.2, -0.15) is 0 Å². The van der Waals surface area contributed by atoms with Crippen molar-refractivity contribution in [2.75, 3.05) is 26.2 Å². The first kappa shape index (κ1) is 31.8. The highest BCUT2D eigenvalue weighted by atomic mass is 32.1. The van der Waals surface area contributed by atoms with Gasteiger partial charge in [0.25, 0.3) is 0 Å². The molecule has 0 aliphatic carbocycles. The summed E-state index contributed by atoms with van der Waals surface area (Å²) in [6, 6.07) is 5.92. The highest BCUT2D eigenvalue weighted by Crippen LogP contribution is 2.29. The third-order valence-electron chi connectivity index (χ3n) is 8.25. The maximum atomic E-state index is 13.9. The van der Waals surface area contributed by atoms with Crippen molar-refractivity contribution in [3.63, 3.8) is 0 Å². The number of hydrogen-bond acceptors (Lipinski definition) is 8. The monoisotopic (exact) mass is 597 g/mol. The van der Waals surface area contributed by atoms with E-state index in [1.54, 1.807) is 11.3 Å². The Bertz CT molecular complexity index is 1270. The van der Waals surface area contributed by atoms with Crippen molar-refractivity contribution in [2.45, 2.75) is 78.1 Å². The Morgan fingerprint density at radius 1 is 1.14 bits per heavy atom. The number of thiazole rings is 1. The van der Waals surface area contributed by atoms with Crippen molar-refractivity contribution >= 4 is 35.3 Å². The molecule has 2 fully saturated rings. The first-order valence-electron chi connectivity index (χ1n) is 14.6.